The average Bonchev–Trinajstić information content (AvgIpc) is 3.31. The highest BCUT2D eigenvalue weighted by molar-refractivity contribution is 5.99. The van der Waals surface area contributed by atoms with Crippen molar-refractivity contribution in [2.24, 2.45) is 0 Å². The van der Waals surface area contributed by atoms with Gasteiger partial charge in [-0.2, -0.15) is 0 Å². The smallest absolute Gasteiger partial charge is 0.331 e. The van der Waals surface area contributed by atoms with Gasteiger partial charge in [-0.1, -0.05) is 0 Å². The predicted octanol–water partition coefficient (Wildman–Crippen LogP) is 1.39. The monoisotopic (exact) mass is 337 g/mol. The van der Waals surface area contributed by atoms with Crippen molar-refractivity contribution in [1.82, 2.24) is 5.32 Å². The molecule has 0 aliphatic heterocycles. The Hall–Kier alpha value is -2.68. The molecule has 0 bridgehead atoms. The van der Waals surface area contributed by atoms with Crippen LogP contribution >= 0.6 is 0 Å². The maximum absolute atomic E-state index is 12.3. The summed E-state index contributed by atoms with van der Waals surface area (Å²) in [5.41, 5.74) is -1.51. The van der Waals surface area contributed by atoms with Gasteiger partial charge in [-0.15, -0.1) is 0 Å². The molecule has 0 spiro atoms. The Morgan fingerprint density at radius 3 is 2.62 bits per heavy atom. The van der Waals surface area contributed by atoms with Crippen LogP contribution in [-0.4, -0.2) is 47.2 Å². The number of ether oxygens (including phenoxy) is 1. The van der Waals surface area contributed by atoms with Crippen LogP contribution in [0, 0.1) is 10.1 Å². The lowest BCUT2D eigenvalue weighted by atomic mass is 10.0. The number of anilines is 1. The summed E-state index contributed by atoms with van der Waals surface area (Å²) in [6.45, 7) is 1.06. The normalized spacial score (nSPS) is 16.1. The number of amides is 1. The third-order valence-corrected chi connectivity index (χ3v) is 3.69. The van der Waals surface area contributed by atoms with Gasteiger partial charge in [0.2, 0.25) is 0 Å². The first-order chi connectivity index (χ1) is 11.3. The van der Waals surface area contributed by atoms with Crippen molar-refractivity contribution in [3.8, 4) is 0 Å². The van der Waals surface area contributed by atoms with Crippen LogP contribution in [0.25, 0.3) is 0 Å². The Bertz CT molecular complexity index is 673. The number of nitrogens with one attached hydrogen (secondary N) is 2. The van der Waals surface area contributed by atoms with Gasteiger partial charge in [0.25, 0.3) is 11.6 Å². The third-order valence-electron chi connectivity index (χ3n) is 3.69. The number of hydrogen-bond donors (Lipinski definition) is 3. The van der Waals surface area contributed by atoms with Gasteiger partial charge < -0.3 is 20.5 Å². The summed E-state index contributed by atoms with van der Waals surface area (Å²) in [7, 11) is 1.32. The molecule has 9 heteroatoms. The molecule has 1 amide bonds. The summed E-state index contributed by atoms with van der Waals surface area (Å²) in [5, 5.41) is 25.8. The maximum atomic E-state index is 12.3. The predicted molar refractivity (Wildman–Crippen MR) is 85.1 cm³/mol. The third kappa shape index (κ3) is 3.99. The van der Waals surface area contributed by atoms with Crippen LogP contribution in [0.1, 0.15) is 30.1 Å². The van der Waals surface area contributed by atoms with E-state index in [1.165, 1.54) is 26.2 Å². The molecule has 1 aliphatic rings. The van der Waals surface area contributed by atoms with Gasteiger partial charge in [-0.3, -0.25) is 14.9 Å². The highest BCUT2D eigenvalue weighted by atomic mass is 16.6. The van der Waals surface area contributed by atoms with Gasteiger partial charge in [-0.05, 0) is 31.9 Å². The molecule has 0 radical (unpaired) electrons. The molecule has 0 heterocycles. The van der Waals surface area contributed by atoms with Crippen molar-refractivity contribution in [1.29, 1.82) is 0 Å². The summed E-state index contributed by atoms with van der Waals surface area (Å²) in [6.07, 6.45) is 1.90. The molecule has 1 unspecified atom stereocenters. The van der Waals surface area contributed by atoms with E-state index in [0.29, 0.717) is 5.69 Å². The van der Waals surface area contributed by atoms with Crippen molar-refractivity contribution >= 4 is 23.3 Å². The largest absolute Gasteiger partial charge is 0.479 e. The number of rotatable bonds is 8. The van der Waals surface area contributed by atoms with E-state index in [1.54, 1.807) is 0 Å². The summed E-state index contributed by atoms with van der Waals surface area (Å²) in [5.74, 6) is -1.99. The zero-order chi connectivity index (χ0) is 17.9. The number of carbonyl (C=O) groups excluding carboxylic acids is 1. The fourth-order valence-electron chi connectivity index (χ4n) is 2.16. The zero-order valence-electron chi connectivity index (χ0n) is 13.4. The van der Waals surface area contributed by atoms with Crippen LogP contribution in [0.2, 0.25) is 0 Å². The molecule has 9 nitrogen and oxygen atoms in total. The first kappa shape index (κ1) is 17.7. The van der Waals surface area contributed by atoms with Gasteiger partial charge in [0, 0.05) is 24.8 Å². The van der Waals surface area contributed by atoms with E-state index in [-0.39, 0.29) is 23.9 Å². The Morgan fingerprint density at radius 1 is 1.46 bits per heavy atom. The second-order valence-electron chi connectivity index (χ2n) is 5.93. The van der Waals surface area contributed by atoms with Crippen LogP contribution in [0.3, 0.4) is 0 Å². The van der Waals surface area contributed by atoms with Crippen LogP contribution in [0.5, 0.6) is 0 Å². The zero-order valence-corrected chi connectivity index (χ0v) is 13.4. The van der Waals surface area contributed by atoms with Gasteiger partial charge >= 0.3 is 5.97 Å². The van der Waals surface area contributed by atoms with Crippen LogP contribution in [0.4, 0.5) is 11.4 Å². The van der Waals surface area contributed by atoms with Gasteiger partial charge in [0.1, 0.15) is 5.69 Å². The Balaban J connectivity index is 2.23. The molecule has 1 aromatic rings. The summed E-state index contributed by atoms with van der Waals surface area (Å²) >= 11 is 0. The Labute approximate surface area is 138 Å². The molecule has 1 aliphatic carbocycles. The van der Waals surface area contributed by atoms with Gasteiger partial charge in [0.15, 0.2) is 5.54 Å². The number of carboxylic acid groups (broad SMARTS) is 1. The molecule has 3 N–H and O–H groups in total. The number of carboxylic acids is 1. The highest BCUT2D eigenvalue weighted by Gasteiger charge is 2.35. The topological polar surface area (TPSA) is 131 Å². The van der Waals surface area contributed by atoms with Gasteiger partial charge in [0.05, 0.1) is 11.5 Å². The van der Waals surface area contributed by atoms with Crippen molar-refractivity contribution in [2.45, 2.75) is 31.3 Å². The average molecular weight is 337 g/mol. The lowest BCUT2D eigenvalue weighted by Gasteiger charge is -2.25. The van der Waals surface area contributed by atoms with Crippen molar-refractivity contribution in [3.63, 3.8) is 0 Å². The molecule has 0 aromatic heterocycles. The number of nitro groups is 1. The lowest BCUT2D eigenvalue weighted by molar-refractivity contribution is -0.384. The number of aliphatic carboxylic acids is 1. The summed E-state index contributed by atoms with van der Waals surface area (Å²) in [6, 6.07) is 4.23. The van der Waals surface area contributed by atoms with Crippen molar-refractivity contribution in [2.75, 3.05) is 19.0 Å². The minimum absolute atomic E-state index is 0.00613. The van der Waals surface area contributed by atoms with E-state index >= 15 is 0 Å². The minimum atomic E-state index is -1.63. The lowest BCUT2D eigenvalue weighted by Crippen LogP contribution is -2.55. The fraction of sp³-hybridized carbons (Fsp3) is 0.467. The van der Waals surface area contributed by atoms with E-state index in [4.69, 9.17) is 4.74 Å². The summed E-state index contributed by atoms with van der Waals surface area (Å²) < 4.78 is 4.82. The molecular formula is C15H19N3O6. The van der Waals surface area contributed by atoms with Crippen LogP contribution in [-0.2, 0) is 9.53 Å². The molecule has 1 atom stereocenters. The standard InChI is InChI=1S/C15H19N3O6/c1-15(8-24-2,14(20)21)17-13(19)9-3-6-11(16-10-4-5-10)12(7-9)18(22)23/h3,6-7,10,16H,4-5,8H2,1-2H3,(H,17,19)(H,20,21). The number of nitrogens with zero attached hydrogens (tertiary/aromatic N) is 1. The molecule has 1 fully saturated rings. The molecule has 24 heavy (non-hydrogen) atoms. The Kier molecular flexibility index (Phi) is 5.03. The van der Waals surface area contributed by atoms with Crippen LogP contribution in [0.15, 0.2) is 18.2 Å². The number of methoxy groups -OCH3 is 1. The Morgan fingerprint density at radius 2 is 2.12 bits per heavy atom. The minimum Gasteiger partial charge on any atom is -0.479 e. The first-order valence-corrected chi connectivity index (χ1v) is 7.36. The summed E-state index contributed by atoms with van der Waals surface area (Å²) in [4.78, 5) is 34.2. The molecule has 130 valence electrons. The van der Waals surface area contributed by atoms with E-state index in [1.807, 2.05) is 0 Å². The maximum Gasteiger partial charge on any atom is 0.331 e. The van der Waals surface area contributed by atoms with E-state index in [0.717, 1.165) is 18.9 Å². The molecule has 1 aromatic carbocycles. The van der Waals surface area contributed by atoms with E-state index in [2.05, 4.69) is 10.6 Å². The van der Waals surface area contributed by atoms with Crippen LogP contribution < -0.4 is 10.6 Å². The second-order valence-corrected chi connectivity index (χ2v) is 5.93. The van der Waals surface area contributed by atoms with Crippen molar-refractivity contribution in [3.05, 3.63) is 33.9 Å². The van der Waals surface area contributed by atoms with E-state index in [9.17, 15) is 24.8 Å². The molecule has 0 saturated heterocycles. The first-order valence-electron chi connectivity index (χ1n) is 7.36. The van der Waals surface area contributed by atoms with Gasteiger partial charge in [-0.25, -0.2) is 4.79 Å². The SMILES string of the molecule is COCC(C)(NC(=O)c1ccc(NC2CC2)c([N+](=O)[O-])c1)C(=O)O. The second kappa shape index (κ2) is 6.83. The fourth-order valence-corrected chi connectivity index (χ4v) is 2.16. The number of benzene rings is 1. The number of carbonyl (C=O) groups is 2. The molecule has 2 rings (SSSR count). The molecular weight excluding hydrogens is 318 g/mol. The molecule has 1 saturated carbocycles. The number of hydrogen-bond acceptors (Lipinski definition) is 6. The quantitative estimate of drug-likeness (QED) is 0.482. The highest BCUT2D eigenvalue weighted by Crippen LogP contribution is 2.31. The number of nitro benzene ring substituents is 1. The van der Waals surface area contributed by atoms with E-state index < -0.39 is 22.3 Å². The van der Waals surface area contributed by atoms with Crippen molar-refractivity contribution < 1.29 is 24.4 Å².